The number of aromatic nitrogens is 2. The Morgan fingerprint density at radius 1 is 1.05 bits per heavy atom. The Bertz CT molecular complexity index is 1390. The number of hydrogen-bond acceptors (Lipinski definition) is 7. The summed E-state index contributed by atoms with van der Waals surface area (Å²) in [5.41, 5.74) is 2.77. The Labute approximate surface area is 230 Å². The van der Waals surface area contributed by atoms with Gasteiger partial charge in [0.25, 0.3) is 5.91 Å². The van der Waals surface area contributed by atoms with Gasteiger partial charge in [-0.25, -0.2) is 0 Å². The van der Waals surface area contributed by atoms with E-state index < -0.39 is 0 Å². The molecule has 7 nitrogen and oxygen atoms in total. The minimum atomic E-state index is -0.207. The minimum absolute atomic E-state index is 0.0409. The monoisotopic (exact) mass is 544 g/mol. The number of hydrogen-bond donors (Lipinski definition) is 1. The number of nitrogens with zero attached hydrogens (tertiary/aromatic N) is 3. The normalized spacial score (nSPS) is 15.0. The lowest BCUT2D eigenvalue weighted by molar-refractivity contribution is -0.117. The fraction of sp³-hybridized carbons (Fsp3) is 0.241. The first-order chi connectivity index (χ1) is 18.6. The maximum Gasteiger partial charge on any atom is 0.258 e. The molecular weight excluding hydrogens is 516 g/mol. The van der Waals surface area contributed by atoms with Gasteiger partial charge in [-0.1, -0.05) is 53.8 Å². The highest BCUT2D eigenvalue weighted by atomic mass is 32.2. The first kappa shape index (κ1) is 25.9. The van der Waals surface area contributed by atoms with Gasteiger partial charge in [0, 0.05) is 29.5 Å². The van der Waals surface area contributed by atoms with Gasteiger partial charge in [0.05, 0.1) is 12.7 Å². The summed E-state index contributed by atoms with van der Waals surface area (Å²) in [5, 5.41) is 12.6. The zero-order valence-electron chi connectivity index (χ0n) is 21.0. The molecule has 4 aromatic rings. The summed E-state index contributed by atoms with van der Waals surface area (Å²) < 4.78 is 5.21. The molecule has 1 atom stereocenters. The van der Waals surface area contributed by atoms with E-state index in [1.807, 2.05) is 54.6 Å². The number of carbonyl (C=O) groups is 2. The molecule has 1 fully saturated rings. The van der Waals surface area contributed by atoms with Crippen LogP contribution in [0.15, 0.2) is 83.8 Å². The van der Waals surface area contributed by atoms with Gasteiger partial charge in [-0.05, 0) is 60.6 Å². The number of nitrogens with one attached hydrogen (secondary N) is 1. The SMILES string of the molecule is COc1ccc(N2CC(c3nnc(NC(=O)c4ccccc4SCCCc4ccccc4)s3)CC2=O)cc1. The van der Waals surface area contributed by atoms with Gasteiger partial charge in [0.1, 0.15) is 10.8 Å². The number of anilines is 2. The number of methoxy groups -OCH3 is 1. The lowest BCUT2D eigenvalue weighted by atomic mass is 10.1. The standard InChI is InChI=1S/C29H28N4O3S2/c1-36-23-15-13-22(14-16-23)33-19-21(18-26(33)34)28-31-32-29(38-28)30-27(35)24-11-5-6-12-25(24)37-17-7-10-20-8-3-2-4-9-20/h2-6,8-9,11-16,21H,7,10,17-19H2,1H3,(H,30,32,35). The van der Waals surface area contributed by atoms with Crippen molar-refractivity contribution in [3.63, 3.8) is 0 Å². The second-order valence-corrected chi connectivity index (χ2v) is 11.1. The summed E-state index contributed by atoms with van der Waals surface area (Å²) in [5.74, 6) is 1.43. The molecule has 2 amide bonds. The molecule has 1 N–H and O–H groups in total. The number of ether oxygens (including phenoxy) is 1. The first-order valence-corrected chi connectivity index (χ1v) is 14.3. The molecule has 38 heavy (non-hydrogen) atoms. The molecule has 0 spiro atoms. The van der Waals surface area contributed by atoms with E-state index in [-0.39, 0.29) is 17.7 Å². The summed E-state index contributed by atoms with van der Waals surface area (Å²) in [6, 6.07) is 25.5. The molecule has 1 aromatic heterocycles. The Balaban J connectivity index is 1.18. The van der Waals surface area contributed by atoms with Crippen molar-refractivity contribution in [2.75, 3.05) is 29.6 Å². The van der Waals surface area contributed by atoms with Crippen LogP contribution in [-0.2, 0) is 11.2 Å². The van der Waals surface area contributed by atoms with Crippen LogP contribution >= 0.6 is 23.1 Å². The Kier molecular flexibility index (Phi) is 8.35. The maximum absolute atomic E-state index is 13.1. The lowest BCUT2D eigenvalue weighted by Crippen LogP contribution is -2.24. The Morgan fingerprint density at radius 2 is 1.82 bits per heavy atom. The van der Waals surface area contributed by atoms with Crippen LogP contribution in [0.5, 0.6) is 5.75 Å². The fourth-order valence-corrected chi connectivity index (χ4v) is 6.21. The van der Waals surface area contributed by atoms with E-state index in [0.717, 1.165) is 39.9 Å². The predicted molar refractivity (Wildman–Crippen MR) is 152 cm³/mol. The maximum atomic E-state index is 13.1. The second-order valence-electron chi connectivity index (χ2n) is 8.94. The molecule has 1 aliphatic rings. The molecule has 5 rings (SSSR count). The number of thioether (sulfide) groups is 1. The zero-order chi connectivity index (χ0) is 26.3. The molecular formula is C29H28N4O3S2. The summed E-state index contributed by atoms with van der Waals surface area (Å²) in [7, 11) is 1.61. The van der Waals surface area contributed by atoms with Gasteiger partial charge in [0.2, 0.25) is 11.0 Å². The molecule has 3 aromatic carbocycles. The summed E-state index contributed by atoms with van der Waals surface area (Å²) in [6.45, 7) is 0.524. The average molecular weight is 545 g/mol. The highest BCUT2D eigenvalue weighted by molar-refractivity contribution is 7.99. The average Bonchev–Trinajstić information content (AvgIpc) is 3.58. The van der Waals surface area contributed by atoms with Gasteiger partial charge >= 0.3 is 0 Å². The van der Waals surface area contributed by atoms with Gasteiger partial charge < -0.3 is 9.64 Å². The largest absolute Gasteiger partial charge is 0.497 e. The predicted octanol–water partition coefficient (Wildman–Crippen LogP) is 6.04. The van der Waals surface area contributed by atoms with Crippen molar-refractivity contribution >= 4 is 45.7 Å². The van der Waals surface area contributed by atoms with Gasteiger partial charge in [-0.15, -0.1) is 22.0 Å². The van der Waals surface area contributed by atoms with E-state index in [2.05, 4.69) is 39.8 Å². The second kappa shape index (κ2) is 12.2. The first-order valence-electron chi connectivity index (χ1n) is 12.5. The van der Waals surface area contributed by atoms with Crippen molar-refractivity contribution in [3.05, 3.63) is 95.0 Å². The highest BCUT2D eigenvalue weighted by Gasteiger charge is 2.34. The van der Waals surface area contributed by atoms with Crippen molar-refractivity contribution in [3.8, 4) is 5.75 Å². The number of rotatable bonds is 10. The van der Waals surface area contributed by atoms with E-state index in [0.29, 0.717) is 23.7 Å². The Morgan fingerprint density at radius 3 is 2.61 bits per heavy atom. The van der Waals surface area contributed by atoms with Gasteiger partial charge in [-0.2, -0.15) is 0 Å². The zero-order valence-corrected chi connectivity index (χ0v) is 22.6. The van der Waals surface area contributed by atoms with Crippen LogP contribution in [0.25, 0.3) is 0 Å². The topological polar surface area (TPSA) is 84.4 Å². The third kappa shape index (κ3) is 6.23. The fourth-order valence-electron chi connectivity index (χ4n) is 4.38. The van der Waals surface area contributed by atoms with E-state index in [9.17, 15) is 9.59 Å². The van der Waals surface area contributed by atoms with Crippen LogP contribution in [0, 0.1) is 0 Å². The lowest BCUT2D eigenvalue weighted by Gasteiger charge is -2.16. The number of aryl methyl sites for hydroxylation is 1. The minimum Gasteiger partial charge on any atom is -0.497 e. The van der Waals surface area contributed by atoms with Crippen molar-refractivity contribution in [2.24, 2.45) is 0 Å². The van der Waals surface area contributed by atoms with Crippen molar-refractivity contribution in [2.45, 2.75) is 30.1 Å². The molecule has 1 aliphatic heterocycles. The molecule has 1 unspecified atom stereocenters. The van der Waals surface area contributed by atoms with E-state index in [4.69, 9.17) is 4.74 Å². The summed E-state index contributed by atoms with van der Waals surface area (Å²) >= 11 is 3.01. The van der Waals surface area contributed by atoms with Crippen LogP contribution in [0.4, 0.5) is 10.8 Å². The molecule has 194 valence electrons. The van der Waals surface area contributed by atoms with Crippen molar-refractivity contribution in [1.82, 2.24) is 10.2 Å². The van der Waals surface area contributed by atoms with Crippen LogP contribution < -0.4 is 15.0 Å². The number of carbonyl (C=O) groups excluding carboxylic acids is 2. The number of amides is 2. The Hall–Kier alpha value is -3.69. The van der Waals surface area contributed by atoms with Crippen LogP contribution in [0.1, 0.15) is 39.7 Å². The molecule has 2 heterocycles. The molecule has 0 radical (unpaired) electrons. The third-order valence-corrected chi connectivity index (χ3v) is 8.52. The molecule has 0 aliphatic carbocycles. The molecule has 0 saturated carbocycles. The van der Waals surface area contributed by atoms with E-state index >= 15 is 0 Å². The van der Waals surface area contributed by atoms with Crippen LogP contribution in [0.3, 0.4) is 0 Å². The third-order valence-electron chi connectivity index (χ3n) is 6.36. The van der Waals surface area contributed by atoms with Crippen LogP contribution in [0.2, 0.25) is 0 Å². The van der Waals surface area contributed by atoms with Crippen molar-refractivity contribution < 1.29 is 14.3 Å². The molecule has 9 heteroatoms. The highest BCUT2D eigenvalue weighted by Crippen LogP contribution is 2.35. The van der Waals surface area contributed by atoms with Crippen molar-refractivity contribution in [1.29, 1.82) is 0 Å². The number of benzene rings is 3. The van der Waals surface area contributed by atoms with Crippen LogP contribution in [-0.4, -0.2) is 41.4 Å². The van der Waals surface area contributed by atoms with Gasteiger partial charge in [0.15, 0.2) is 0 Å². The summed E-state index contributed by atoms with van der Waals surface area (Å²) in [6.07, 6.45) is 2.39. The smallest absolute Gasteiger partial charge is 0.258 e. The van der Waals surface area contributed by atoms with Gasteiger partial charge in [-0.3, -0.25) is 14.9 Å². The van der Waals surface area contributed by atoms with E-state index in [1.54, 1.807) is 23.8 Å². The summed E-state index contributed by atoms with van der Waals surface area (Å²) in [4.78, 5) is 28.5. The molecule has 0 bridgehead atoms. The quantitative estimate of drug-likeness (QED) is 0.193. The van der Waals surface area contributed by atoms with E-state index in [1.165, 1.54) is 16.9 Å². The molecule has 1 saturated heterocycles.